The topological polar surface area (TPSA) is 38.8 Å². The second-order valence-electron chi connectivity index (χ2n) is 7.10. The molecule has 26 heavy (non-hydrogen) atoms. The Bertz CT molecular complexity index is 524. The third kappa shape index (κ3) is 9.94. The van der Waals surface area contributed by atoms with Gasteiger partial charge in [-0.3, -0.25) is 0 Å². The summed E-state index contributed by atoms with van der Waals surface area (Å²) >= 11 is 0. The van der Waals surface area contributed by atoms with Gasteiger partial charge < -0.3 is 15.0 Å². The Balaban J connectivity index is 1.41. The Morgan fingerprint density at radius 3 is 2.69 bits per heavy atom. The third-order valence-electron chi connectivity index (χ3n) is 4.65. The van der Waals surface area contributed by atoms with Crippen LogP contribution in [0, 0.1) is 5.21 Å². The molecule has 0 aromatic rings. The lowest BCUT2D eigenvalue weighted by molar-refractivity contribution is 0.357. The van der Waals surface area contributed by atoms with Crippen LogP contribution >= 0.6 is 0 Å². The summed E-state index contributed by atoms with van der Waals surface area (Å²) in [5.41, 5.74) is 3.19. The molecule has 0 aromatic carbocycles. The molecule has 1 saturated heterocycles. The van der Waals surface area contributed by atoms with Crippen LogP contribution in [0.15, 0.2) is 54.3 Å². The zero-order chi connectivity index (χ0) is 18.5. The molecule has 2 aliphatic rings. The van der Waals surface area contributed by atoms with E-state index in [-0.39, 0.29) is 0 Å². The maximum Gasteiger partial charge on any atom is 0.0885 e. The Hall–Kier alpha value is -1.38. The molecule has 0 amide bonds. The molecular formula is C23H34NO2-. The van der Waals surface area contributed by atoms with Crippen LogP contribution < -0.4 is 0 Å². The number of rotatable bonds is 14. The number of ether oxygens (including phenoxy) is 1. The van der Waals surface area contributed by atoms with Crippen molar-refractivity contribution in [1.29, 1.82) is 0 Å². The zero-order valence-corrected chi connectivity index (χ0v) is 16.2. The minimum atomic E-state index is 0.346. The molecule has 0 aromatic heterocycles. The largest absolute Gasteiger partial charge is 0.785 e. The molecule has 0 radical (unpaired) electrons. The van der Waals surface area contributed by atoms with Crippen molar-refractivity contribution in [3.05, 3.63) is 59.5 Å². The SMILES string of the molecule is CC/C=C/CC1OC1CC=C=C/C=C\C/C=C\CCCCN([O-])C1CC1. The van der Waals surface area contributed by atoms with E-state index in [2.05, 4.69) is 49.1 Å². The van der Waals surface area contributed by atoms with Gasteiger partial charge in [0.25, 0.3) is 0 Å². The van der Waals surface area contributed by atoms with Gasteiger partial charge in [-0.25, -0.2) is 0 Å². The van der Waals surface area contributed by atoms with Crippen LogP contribution in [-0.4, -0.2) is 29.9 Å². The van der Waals surface area contributed by atoms with Crippen molar-refractivity contribution in [2.45, 2.75) is 83.0 Å². The minimum absolute atomic E-state index is 0.346. The summed E-state index contributed by atoms with van der Waals surface area (Å²) in [6.45, 7) is 2.86. The minimum Gasteiger partial charge on any atom is -0.785 e. The maximum absolute atomic E-state index is 11.5. The molecule has 1 saturated carbocycles. The quantitative estimate of drug-likeness (QED) is 0.0979. The molecule has 0 N–H and O–H groups in total. The van der Waals surface area contributed by atoms with Crippen molar-refractivity contribution in [1.82, 2.24) is 5.06 Å². The second kappa shape index (κ2) is 12.9. The highest BCUT2D eigenvalue weighted by molar-refractivity contribution is 5.06. The molecule has 1 heterocycles. The maximum atomic E-state index is 11.5. The van der Waals surface area contributed by atoms with Gasteiger partial charge >= 0.3 is 0 Å². The molecule has 2 rings (SSSR count). The fourth-order valence-corrected chi connectivity index (χ4v) is 2.81. The fourth-order valence-electron chi connectivity index (χ4n) is 2.81. The predicted octanol–water partition coefficient (Wildman–Crippen LogP) is 5.85. The predicted molar refractivity (Wildman–Crippen MR) is 110 cm³/mol. The lowest BCUT2D eigenvalue weighted by Gasteiger charge is -2.27. The molecule has 2 fully saturated rings. The van der Waals surface area contributed by atoms with E-state index in [4.69, 9.17) is 4.74 Å². The van der Waals surface area contributed by atoms with Crippen LogP contribution in [0.4, 0.5) is 0 Å². The molecule has 1 aliphatic heterocycles. The van der Waals surface area contributed by atoms with Crippen LogP contribution in [0.5, 0.6) is 0 Å². The summed E-state index contributed by atoms with van der Waals surface area (Å²) in [5.74, 6) is 0. The number of unbranched alkanes of at least 4 members (excludes halogenated alkanes) is 2. The van der Waals surface area contributed by atoms with Gasteiger partial charge in [-0.1, -0.05) is 43.4 Å². The Morgan fingerprint density at radius 2 is 1.88 bits per heavy atom. The van der Waals surface area contributed by atoms with E-state index in [1.54, 1.807) is 0 Å². The van der Waals surface area contributed by atoms with Crippen molar-refractivity contribution in [3.8, 4) is 0 Å². The van der Waals surface area contributed by atoms with Crippen molar-refractivity contribution in [2.24, 2.45) is 0 Å². The van der Waals surface area contributed by atoms with Crippen LogP contribution in [-0.2, 0) is 4.74 Å². The van der Waals surface area contributed by atoms with Gasteiger partial charge in [-0.05, 0) is 76.1 Å². The lowest BCUT2D eigenvalue weighted by Crippen LogP contribution is -2.19. The lowest BCUT2D eigenvalue weighted by atomic mass is 10.2. The average molecular weight is 357 g/mol. The third-order valence-corrected chi connectivity index (χ3v) is 4.65. The Labute approximate surface area is 159 Å². The first-order chi connectivity index (χ1) is 12.8. The van der Waals surface area contributed by atoms with E-state index in [0.717, 1.165) is 57.8 Å². The van der Waals surface area contributed by atoms with Gasteiger partial charge in [0, 0.05) is 6.42 Å². The number of hydrogen-bond acceptors (Lipinski definition) is 3. The first-order valence-corrected chi connectivity index (χ1v) is 10.3. The van der Waals surface area contributed by atoms with Crippen molar-refractivity contribution in [3.63, 3.8) is 0 Å². The molecule has 144 valence electrons. The van der Waals surface area contributed by atoms with E-state index >= 15 is 0 Å². The van der Waals surface area contributed by atoms with Crippen LogP contribution in [0.25, 0.3) is 0 Å². The van der Waals surface area contributed by atoms with Gasteiger partial charge in [0.2, 0.25) is 0 Å². The summed E-state index contributed by atoms with van der Waals surface area (Å²) in [5, 5.41) is 12.7. The zero-order valence-electron chi connectivity index (χ0n) is 16.2. The first kappa shape index (κ1) is 20.9. The van der Waals surface area contributed by atoms with E-state index in [1.807, 2.05) is 12.2 Å². The highest BCUT2D eigenvalue weighted by atomic mass is 16.6. The van der Waals surface area contributed by atoms with Gasteiger partial charge in [0.1, 0.15) is 0 Å². The molecule has 2 unspecified atom stereocenters. The molecule has 0 bridgehead atoms. The molecule has 3 heteroatoms. The smallest absolute Gasteiger partial charge is 0.0885 e. The number of epoxide rings is 1. The van der Waals surface area contributed by atoms with Crippen LogP contribution in [0.3, 0.4) is 0 Å². The second-order valence-corrected chi connectivity index (χ2v) is 7.10. The first-order valence-electron chi connectivity index (χ1n) is 10.3. The van der Waals surface area contributed by atoms with Gasteiger partial charge in [0.15, 0.2) is 0 Å². The summed E-state index contributed by atoms with van der Waals surface area (Å²) < 4.78 is 5.61. The van der Waals surface area contributed by atoms with Crippen molar-refractivity contribution >= 4 is 0 Å². The summed E-state index contributed by atoms with van der Waals surface area (Å²) in [7, 11) is 0. The molecule has 3 nitrogen and oxygen atoms in total. The highest BCUT2D eigenvalue weighted by Crippen LogP contribution is 2.28. The van der Waals surface area contributed by atoms with E-state index in [0.29, 0.717) is 24.8 Å². The molecule has 1 aliphatic carbocycles. The number of nitrogens with zero attached hydrogens (tertiary/aromatic N) is 1. The summed E-state index contributed by atoms with van der Waals surface area (Å²) in [6.07, 6.45) is 27.3. The average Bonchev–Trinajstić information content (AvgIpc) is 3.54. The molecule has 0 spiro atoms. The highest BCUT2D eigenvalue weighted by Gasteiger charge is 2.36. The monoisotopic (exact) mass is 356 g/mol. The summed E-state index contributed by atoms with van der Waals surface area (Å²) in [6, 6.07) is 0.346. The molecular weight excluding hydrogens is 322 g/mol. The Morgan fingerprint density at radius 1 is 1.04 bits per heavy atom. The normalized spacial score (nSPS) is 22.6. The van der Waals surface area contributed by atoms with Crippen molar-refractivity contribution in [2.75, 3.05) is 6.54 Å². The summed E-state index contributed by atoms with van der Waals surface area (Å²) in [4.78, 5) is 0. The fraction of sp³-hybridized carbons (Fsp3) is 0.609. The number of hydrogen-bond donors (Lipinski definition) is 0. The van der Waals surface area contributed by atoms with Crippen LogP contribution in [0.1, 0.15) is 64.7 Å². The van der Waals surface area contributed by atoms with E-state index in [1.165, 1.54) is 5.06 Å². The number of hydroxylamine groups is 2. The van der Waals surface area contributed by atoms with Gasteiger partial charge in [-0.2, -0.15) is 0 Å². The van der Waals surface area contributed by atoms with Gasteiger partial charge in [-0.15, -0.1) is 5.73 Å². The molecule has 2 atom stereocenters. The number of allylic oxidation sites excluding steroid dienone is 5. The van der Waals surface area contributed by atoms with E-state index < -0.39 is 0 Å². The standard InChI is InChI=1S/C23H34NO2/c1-2-3-13-16-22-23(26-22)17-14-11-9-7-5-4-6-8-10-12-15-20-24(25)21-18-19-21/h3,5-9,13-14,21-23H,2,4,10,12,15-20H2,1H3/q-1/b7-5-,8-6-,13-3+. The Kier molecular flexibility index (Phi) is 10.4. The van der Waals surface area contributed by atoms with Crippen molar-refractivity contribution < 1.29 is 4.74 Å². The van der Waals surface area contributed by atoms with Crippen LogP contribution in [0.2, 0.25) is 0 Å². The van der Waals surface area contributed by atoms with E-state index in [9.17, 15) is 5.21 Å². The van der Waals surface area contributed by atoms with Gasteiger partial charge in [0.05, 0.1) is 12.2 Å².